The average molecular weight is 384 g/mol. The molecule has 2 heterocycles. The number of benzene rings is 2. The molecule has 3 aromatic rings. The van der Waals surface area contributed by atoms with Crippen LogP contribution in [0.3, 0.4) is 0 Å². The van der Waals surface area contributed by atoms with Crippen molar-refractivity contribution in [1.82, 2.24) is 9.97 Å². The number of amides is 1. The fraction of sp³-hybridized carbons (Fsp3) is 0.105. The van der Waals surface area contributed by atoms with Crippen LogP contribution >= 0.6 is 0 Å². The summed E-state index contributed by atoms with van der Waals surface area (Å²) in [5.41, 5.74) is 0.144. The zero-order valence-corrected chi connectivity index (χ0v) is 14.4. The highest BCUT2D eigenvalue weighted by Gasteiger charge is 2.15. The summed E-state index contributed by atoms with van der Waals surface area (Å²) >= 11 is 0. The summed E-state index contributed by atoms with van der Waals surface area (Å²) in [5, 5.41) is 5.20. The number of hydrogen-bond donors (Lipinski definition) is 2. The number of para-hydroxylation sites is 1. The number of anilines is 3. The van der Waals surface area contributed by atoms with Crippen LogP contribution < -0.4 is 20.1 Å². The number of carbonyl (C=O) groups excluding carboxylic acids is 1. The third-order valence-electron chi connectivity index (χ3n) is 3.92. The number of halogens is 2. The van der Waals surface area contributed by atoms with E-state index in [4.69, 9.17) is 9.47 Å². The first-order chi connectivity index (χ1) is 13.6. The van der Waals surface area contributed by atoms with Gasteiger partial charge in [-0.25, -0.2) is 18.7 Å². The summed E-state index contributed by atoms with van der Waals surface area (Å²) < 4.78 is 38.5. The largest absolute Gasteiger partial charge is 0.486 e. The third kappa shape index (κ3) is 3.68. The lowest BCUT2D eigenvalue weighted by Crippen LogP contribution is -2.17. The summed E-state index contributed by atoms with van der Waals surface area (Å²) in [6.45, 7) is 0.899. The fourth-order valence-corrected chi connectivity index (χ4v) is 2.61. The van der Waals surface area contributed by atoms with Gasteiger partial charge in [-0.15, -0.1) is 0 Å². The van der Waals surface area contributed by atoms with E-state index in [1.54, 1.807) is 18.2 Å². The lowest BCUT2D eigenvalue weighted by Gasteiger charge is -2.19. The standard InChI is InChI=1S/C19H14F2N4O3/c20-12-2-1-3-13(21)18(12)25-17-9-14(22-10-23-17)19(26)24-11-4-5-15-16(8-11)28-7-6-27-15/h1-5,8-10H,6-7H2,(H,24,26)(H,22,23,25). The Hall–Kier alpha value is -3.75. The first-order valence-corrected chi connectivity index (χ1v) is 8.34. The van der Waals surface area contributed by atoms with Crippen LogP contribution in [-0.4, -0.2) is 29.1 Å². The van der Waals surface area contributed by atoms with E-state index in [0.29, 0.717) is 30.4 Å². The Balaban J connectivity index is 1.52. The molecule has 1 aromatic heterocycles. The smallest absolute Gasteiger partial charge is 0.274 e. The van der Waals surface area contributed by atoms with Crippen LogP contribution in [-0.2, 0) is 0 Å². The molecule has 2 N–H and O–H groups in total. The van der Waals surface area contributed by atoms with Gasteiger partial charge in [0.15, 0.2) is 11.5 Å². The maximum atomic E-state index is 13.8. The molecular weight excluding hydrogens is 370 g/mol. The molecule has 0 unspecified atom stereocenters. The van der Waals surface area contributed by atoms with Gasteiger partial charge in [0.2, 0.25) is 0 Å². The number of nitrogens with one attached hydrogen (secondary N) is 2. The van der Waals surface area contributed by atoms with Crippen LogP contribution in [0, 0.1) is 11.6 Å². The van der Waals surface area contributed by atoms with Gasteiger partial charge in [-0.1, -0.05) is 6.07 Å². The number of hydrogen-bond acceptors (Lipinski definition) is 6. The third-order valence-corrected chi connectivity index (χ3v) is 3.92. The first kappa shape index (κ1) is 17.7. The molecule has 0 saturated carbocycles. The highest BCUT2D eigenvalue weighted by molar-refractivity contribution is 6.03. The molecule has 2 aromatic carbocycles. The normalized spacial score (nSPS) is 12.4. The van der Waals surface area contributed by atoms with Crippen LogP contribution in [0.2, 0.25) is 0 Å². The molecule has 0 radical (unpaired) electrons. The van der Waals surface area contributed by atoms with E-state index in [1.165, 1.54) is 12.1 Å². The van der Waals surface area contributed by atoms with Crippen molar-refractivity contribution in [2.75, 3.05) is 23.8 Å². The van der Waals surface area contributed by atoms with E-state index in [9.17, 15) is 13.6 Å². The zero-order chi connectivity index (χ0) is 19.5. The molecule has 142 valence electrons. The lowest BCUT2D eigenvalue weighted by atomic mass is 10.2. The second-order valence-electron chi connectivity index (χ2n) is 5.82. The molecule has 0 atom stereocenters. The number of rotatable bonds is 4. The highest BCUT2D eigenvalue weighted by atomic mass is 19.1. The van der Waals surface area contributed by atoms with Crippen LogP contribution in [0.1, 0.15) is 10.5 Å². The SMILES string of the molecule is O=C(Nc1ccc2c(c1)OCCO2)c1cc(Nc2c(F)cccc2F)ncn1. The van der Waals surface area contributed by atoms with Crippen LogP contribution in [0.5, 0.6) is 11.5 Å². The monoisotopic (exact) mass is 384 g/mol. The van der Waals surface area contributed by atoms with Crippen molar-refractivity contribution in [3.63, 3.8) is 0 Å². The molecule has 0 bridgehead atoms. The van der Waals surface area contributed by atoms with Gasteiger partial charge in [-0.2, -0.15) is 0 Å². The predicted molar refractivity (Wildman–Crippen MR) is 97.1 cm³/mol. The molecule has 1 aliphatic heterocycles. The molecule has 7 nitrogen and oxygen atoms in total. The minimum Gasteiger partial charge on any atom is -0.486 e. The van der Waals surface area contributed by atoms with Crippen molar-refractivity contribution in [2.45, 2.75) is 0 Å². The maximum Gasteiger partial charge on any atom is 0.274 e. The van der Waals surface area contributed by atoms with E-state index in [2.05, 4.69) is 20.6 Å². The van der Waals surface area contributed by atoms with Crippen LogP contribution in [0.15, 0.2) is 48.8 Å². The van der Waals surface area contributed by atoms with Gasteiger partial charge in [-0.3, -0.25) is 4.79 Å². The van der Waals surface area contributed by atoms with E-state index in [1.807, 2.05) is 0 Å². The van der Waals surface area contributed by atoms with Gasteiger partial charge in [0, 0.05) is 17.8 Å². The molecular formula is C19H14F2N4O3. The van der Waals surface area contributed by atoms with Crippen molar-refractivity contribution in [2.24, 2.45) is 0 Å². The van der Waals surface area contributed by atoms with Crippen molar-refractivity contribution in [3.05, 3.63) is 66.1 Å². The minimum atomic E-state index is -0.777. The van der Waals surface area contributed by atoms with E-state index < -0.39 is 17.5 Å². The molecule has 0 aliphatic carbocycles. The number of carbonyl (C=O) groups is 1. The number of aromatic nitrogens is 2. The Morgan fingerprint density at radius 2 is 1.71 bits per heavy atom. The molecule has 4 rings (SSSR count). The molecule has 0 saturated heterocycles. The Bertz CT molecular complexity index is 1030. The topological polar surface area (TPSA) is 85.4 Å². The van der Waals surface area contributed by atoms with Crippen molar-refractivity contribution in [1.29, 1.82) is 0 Å². The van der Waals surface area contributed by atoms with Gasteiger partial charge in [-0.05, 0) is 24.3 Å². The molecule has 0 fully saturated rings. The first-order valence-electron chi connectivity index (χ1n) is 8.34. The zero-order valence-electron chi connectivity index (χ0n) is 14.4. The van der Waals surface area contributed by atoms with Crippen LogP contribution in [0.25, 0.3) is 0 Å². The lowest BCUT2D eigenvalue weighted by molar-refractivity contribution is 0.102. The minimum absolute atomic E-state index is 0.0177. The second-order valence-corrected chi connectivity index (χ2v) is 5.82. The predicted octanol–water partition coefficient (Wildman–Crippen LogP) is 3.52. The molecule has 0 spiro atoms. The summed E-state index contributed by atoms with van der Waals surface area (Å²) in [6.07, 6.45) is 1.12. The Labute approximate surface area is 158 Å². The Kier molecular flexibility index (Phi) is 4.71. The van der Waals surface area contributed by atoms with Crippen molar-refractivity contribution in [3.8, 4) is 11.5 Å². The highest BCUT2D eigenvalue weighted by Crippen LogP contribution is 2.32. The van der Waals surface area contributed by atoms with Gasteiger partial charge < -0.3 is 20.1 Å². The van der Waals surface area contributed by atoms with Gasteiger partial charge in [0.25, 0.3) is 5.91 Å². The number of ether oxygens (including phenoxy) is 2. The summed E-state index contributed by atoms with van der Waals surface area (Å²) in [7, 11) is 0. The number of nitrogens with zero attached hydrogens (tertiary/aromatic N) is 2. The molecule has 28 heavy (non-hydrogen) atoms. The van der Waals surface area contributed by atoms with E-state index in [0.717, 1.165) is 18.5 Å². The molecule has 1 aliphatic rings. The van der Waals surface area contributed by atoms with Gasteiger partial charge in [0.05, 0.1) is 0 Å². The molecule has 1 amide bonds. The van der Waals surface area contributed by atoms with Gasteiger partial charge >= 0.3 is 0 Å². The maximum absolute atomic E-state index is 13.8. The van der Waals surface area contributed by atoms with E-state index >= 15 is 0 Å². The summed E-state index contributed by atoms with van der Waals surface area (Å²) in [4.78, 5) is 20.3. The van der Waals surface area contributed by atoms with Crippen molar-refractivity contribution >= 4 is 23.1 Å². The van der Waals surface area contributed by atoms with Crippen LogP contribution in [0.4, 0.5) is 26.0 Å². The van der Waals surface area contributed by atoms with Gasteiger partial charge in [0.1, 0.15) is 48.4 Å². The average Bonchev–Trinajstić information content (AvgIpc) is 2.71. The summed E-state index contributed by atoms with van der Waals surface area (Å²) in [6, 6.07) is 9.77. The summed E-state index contributed by atoms with van der Waals surface area (Å²) in [5.74, 6) is -0.863. The van der Waals surface area contributed by atoms with Crippen molar-refractivity contribution < 1.29 is 23.0 Å². The second kappa shape index (κ2) is 7.47. The molecule has 9 heteroatoms. The van der Waals surface area contributed by atoms with E-state index in [-0.39, 0.29) is 17.2 Å². The number of fused-ring (bicyclic) bond motifs is 1. The Morgan fingerprint density at radius 3 is 2.50 bits per heavy atom. The fourth-order valence-electron chi connectivity index (χ4n) is 2.61. The quantitative estimate of drug-likeness (QED) is 0.716. The Morgan fingerprint density at radius 1 is 0.964 bits per heavy atom.